The first-order valence-electron chi connectivity index (χ1n) is 6.19. The topological polar surface area (TPSA) is 62.4 Å². The summed E-state index contributed by atoms with van der Waals surface area (Å²) in [6.07, 6.45) is 0.814. The number of hydrogen-bond acceptors (Lipinski definition) is 5. The number of hydrogen-bond donors (Lipinski definition) is 1. The molecule has 0 aliphatic heterocycles. The molecule has 1 aromatic rings. The van der Waals surface area contributed by atoms with Gasteiger partial charge in [-0.3, -0.25) is 4.90 Å². The average Bonchev–Trinajstić information content (AvgIpc) is 2.63. The van der Waals surface area contributed by atoms with Crippen LogP contribution in [-0.4, -0.2) is 39.3 Å². The van der Waals surface area contributed by atoms with Gasteiger partial charge in [0, 0.05) is 19.0 Å². The van der Waals surface area contributed by atoms with Gasteiger partial charge < -0.3 is 9.63 Å². The zero-order valence-corrected chi connectivity index (χ0v) is 11.2. The van der Waals surface area contributed by atoms with Crippen molar-refractivity contribution in [2.75, 3.05) is 13.2 Å². The van der Waals surface area contributed by atoms with E-state index in [2.05, 4.69) is 42.7 Å². The van der Waals surface area contributed by atoms with Crippen LogP contribution in [0.4, 0.5) is 0 Å². The fourth-order valence-corrected chi connectivity index (χ4v) is 1.62. The summed E-state index contributed by atoms with van der Waals surface area (Å²) >= 11 is 0. The van der Waals surface area contributed by atoms with Crippen molar-refractivity contribution >= 4 is 0 Å². The van der Waals surface area contributed by atoms with Crippen LogP contribution in [0.1, 0.15) is 39.4 Å². The van der Waals surface area contributed by atoms with Crippen LogP contribution in [0.5, 0.6) is 0 Å². The van der Waals surface area contributed by atoms with E-state index in [4.69, 9.17) is 9.63 Å². The minimum Gasteiger partial charge on any atom is -0.395 e. The highest BCUT2D eigenvalue weighted by Crippen LogP contribution is 2.08. The van der Waals surface area contributed by atoms with E-state index >= 15 is 0 Å². The second kappa shape index (κ2) is 6.71. The molecule has 0 amide bonds. The Morgan fingerprint density at radius 1 is 1.29 bits per heavy atom. The molecule has 0 radical (unpaired) electrons. The number of aliphatic hydroxyl groups is 1. The van der Waals surface area contributed by atoms with Crippen molar-refractivity contribution in [3.63, 3.8) is 0 Å². The van der Waals surface area contributed by atoms with Crippen molar-refractivity contribution in [3.05, 3.63) is 11.7 Å². The summed E-state index contributed by atoms with van der Waals surface area (Å²) < 4.78 is 5.18. The molecule has 1 aromatic heterocycles. The van der Waals surface area contributed by atoms with Gasteiger partial charge in [0.25, 0.3) is 0 Å². The zero-order chi connectivity index (χ0) is 12.8. The van der Waals surface area contributed by atoms with E-state index < -0.39 is 0 Å². The second-order valence-corrected chi connectivity index (χ2v) is 4.99. The van der Waals surface area contributed by atoms with Crippen LogP contribution in [-0.2, 0) is 13.0 Å². The van der Waals surface area contributed by atoms with Crippen LogP contribution < -0.4 is 0 Å². The van der Waals surface area contributed by atoms with Gasteiger partial charge >= 0.3 is 0 Å². The number of aliphatic hydroxyl groups excluding tert-OH is 1. The monoisotopic (exact) mass is 241 g/mol. The standard InChI is InChI=1S/C12H23N3O2/c1-9(2)7-12-13-11(14-17-12)8-15(5-6-16)10(3)4/h9-10,16H,5-8H2,1-4H3. The first kappa shape index (κ1) is 14.1. The summed E-state index contributed by atoms with van der Waals surface area (Å²) in [7, 11) is 0. The highest BCUT2D eigenvalue weighted by atomic mass is 16.5. The average molecular weight is 241 g/mol. The van der Waals surface area contributed by atoms with Gasteiger partial charge in [0.05, 0.1) is 13.2 Å². The molecule has 5 nitrogen and oxygen atoms in total. The molecule has 98 valence electrons. The van der Waals surface area contributed by atoms with E-state index in [0.29, 0.717) is 36.8 Å². The Hall–Kier alpha value is -0.940. The highest BCUT2D eigenvalue weighted by molar-refractivity contribution is 4.87. The fraction of sp³-hybridized carbons (Fsp3) is 0.833. The molecule has 0 aromatic carbocycles. The molecule has 0 fully saturated rings. The van der Waals surface area contributed by atoms with Gasteiger partial charge in [-0.1, -0.05) is 19.0 Å². The molecular weight excluding hydrogens is 218 g/mol. The Morgan fingerprint density at radius 2 is 2.00 bits per heavy atom. The van der Waals surface area contributed by atoms with Gasteiger partial charge in [0.15, 0.2) is 5.82 Å². The maximum atomic E-state index is 8.98. The molecule has 1 heterocycles. The van der Waals surface area contributed by atoms with Crippen LogP contribution in [0.15, 0.2) is 4.52 Å². The Labute approximate surface area is 103 Å². The molecule has 17 heavy (non-hydrogen) atoms. The molecule has 0 aliphatic rings. The highest BCUT2D eigenvalue weighted by Gasteiger charge is 2.14. The Morgan fingerprint density at radius 3 is 2.53 bits per heavy atom. The first-order valence-corrected chi connectivity index (χ1v) is 6.19. The summed E-state index contributed by atoms with van der Waals surface area (Å²) in [6.45, 7) is 9.82. The van der Waals surface area contributed by atoms with Crippen molar-refractivity contribution < 1.29 is 9.63 Å². The molecule has 1 N–H and O–H groups in total. The minimum absolute atomic E-state index is 0.148. The van der Waals surface area contributed by atoms with Crippen LogP contribution in [0, 0.1) is 5.92 Å². The van der Waals surface area contributed by atoms with E-state index in [1.165, 1.54) is 0 Å². The zero-order valence-electron chi connectivity index (χ0n) is 11.2. The predicted octanol–water partition coefficient (Wildman–Crippen LogP) is 1.47. The second-order valence-electron chi connectivity index (χ2n) is 4.99. The predicted molar refractivity (Wildman–Crippen MR) is 65.5 cm³/mol. The summed E-state index contributed by atoms with van der Waals surface area (Å²) in [4.78, 5) is 6.47. The van der Waals surface area contributed by atoms with Crippen LogP contribution >= 0.6 is 0 Å². The molecular formula is C12H23N3O2. The third kappa shape index (κ3) is 4.83. The lowest BCUT2D eigenvalue weighted by molar-refractivity contribution is 0.155. The minimum atomic E-state index is 0.148. The van der Waals surface area contributed by atoms with Crippen molar-refractivity contribution in [2.24, 2.45) is 5.92 Å². The van der Waals surface area contributed by atoms with Crippen molar-refractivity contribution in [2.45, 2.75) is 46.7 Å². The lowest BCUT2D eigenvalue weighted by atomic mass is 10.1. The summed E-state index contributed by atoms with van der Waals surface area (Å²) in [5.41, 5.74) is 0. The third-order valence-corrected chi connectivity index (χ3v) is 2.56. The van der Waals surface area contributed by atoms with Gasteiger partial charge in [0.1, 0.15) is 0 Å². The summed E-state index contributed by atoms with van der Waals surface area (Å²) in [5.74, 6) is 1.91. The normalized spacial score (nSPS) is 12.0. The van der Waals surface area contributed by atoms with Gasteiger partial charge in [-0.2, -0.15) is 4.98 Å². The van der Waals surface area contributed by atoms with E-state index in [9.17, 15) is 0 Å². The lowest BCUT2D eigenvalue weighted by Crippen LogP contribution is -2.33. The SMILES string of the molecule is CC(C)Cc1nc(CN(CCO)C(C)C)no1. The largest absolute Gasteiger partial charge is 0.395 e. The maximum Gasteiger partial charge on any atom is 0.226 e. The smallest absolute Gasteiger partial charge is 0.226 e. The van der Waals surface area contributed by atoms with Gasteiger partial charge in [-0.05, 0) is 19.8 Å². The van der Waals surface area contributed by atoms with E-state index in [-0.39, 0.29) is 6.61 Å². The molecule has 0 unspecified atom stereocenters. The fourth-order valence-electron chi connectivity index (χ4n) is 1.62. The van der Waals surface area contributed by atoms with E-state index in [1.807, 2.05) is 0 Å². The Kier molecular flexibility index (Phi) is 5.58. The summed E-state index contributed by atoms with van der Waals surface area (Å²) in [5, 5.41) is 12.9. The first-order chi connectivity index (χ1) is 8.02. The molecule has 0 spiro atoms. The third-order valence-electron chi connectivity index (χ3n) is 2.56. The molecule has 0 saturated heterocycles. The van der Waals surface area contributed by atoms with Gasteiger partial charge in [-0.15, -0.1) is 0 Å². The van der Waals surface area contributed by atoms with Gasteiger partial charge in [0.2, 0.25) is 5.89 Å². The van der Waals surface area contributed by atoms with E-state index in [0.717, 1.165) is 6.42 Å². The van der Waals surface area contributed by atoms with Crippen molar-refractivity contribution in [1.82, 2.24) is 15.0 Å². The Bertz CT molecular complexity index is 323. The maximum absolute atomic E-state index is 8.98. The van der Waals surface area contributed by atoms with Crippen LogP contribution in [0.3, 0.4) is 0 Å². The van der Waals surface area contributed by atoms with Crippen LogP contribution in [0.2, 0.25) is 0 Å². The number of rotatable bonds is 7. The molecule has 1 rings (SSSR count). The Balaban J connectivity index is 2.57. The summed E-state index contributed by atoms with van der Waals surface area (Å²) in [6, 6.07) is 0.356. The molecule has 0 atom stereocenters. The lowest BCUT2D eigenvalue weighted by Gasteiger charge is -2.23. The van der Waals surface area contributed by atoms with Gasteiger partial charge in [-0.25, -0.2) is 0 Å². The number of nitrogens with zero attached hydrogens (tertiary/aromatic N) is 3. The van der Waals surface area contributed by atoms with Crippen LogP contribution in [0.25, 0.3) is 0 Å². The molecule has 0 bridgehead atoms. The van der Waals surface area contributed by atoms with Crippen molar-refractivity contribution in [1.29, 1.82) is 0 Å². The molecule has 0 saturated carbocycles. The molecule has 5 heteroatoms. The molecule has 0 aliphatic carbocycles. The number of aromatic nitrogens is 2. The van der Waals surface area contributed by atoms with E-state index in [1.54, 1.807) is 0 Å². The van der Waals surface area contributed by atoms with Crippen molar-refractivity contribution in [3.8, 4) is 0 Å². The quantitative estimate of drug-likeness (QED) is 0.783.